The van der Waals surface area contributed by atoms with Crippen molar-refractivity contribution in [3.05, 3.63) is 48.3 Å². The van der Waals surface area contributed by atoms with Crippen molar-refractivity contribution in [1.29, 1.82) is 0 Å². The Bertz CT molecular complexity index is 1040. The molecule has 1 saturated heterocycles. The fourth-order valence-corrected chi connectivity index (χ4v) is 4.84. The average Bonchev–Trinajstić information content (AvgIpc) is 3.29. The molecule has 1 aliphatic heterocycles. The number of nitrogens with zero attached hydrogens (tertiary/aromatic N) is 2. The largest absolute Gasteiger partial charge is 0.354 e. The molecular formula is C18H17N3O3S. The third kappa shape index (κ3) is 2.65. The van der Waals surface area contributed by atoms with E-state index in [1.54, 1.807) is 42.7 Å². The van der Waals surface area contributed by atoms with Gasteiger partial charge in [0.1, 0.15) is 0 Å². The van der Waals surface area contributed by atoms with Gasteiger partial charge >= 0.3 is 0 Å². The summed E-state index contributed by atoms with van der Waals surface area (Å²) in [5.41, 5.74) is 2.69. The second kappa shape index (κ2) is 6.09. The van der Waals surface area contributed by atoms with Crippen LogP contribution in [0.5, 0.6) is 0 Å². The lowest BCUT2D eigenvalue weighted by Gasteiger charge is -2.15. The molecule has 0 bridgehead atoms. The average molecular weight is 355 g/mol. The number of aromatic nitrogens is 2. The number of hydrogen-bond acceptors (Lipinski definition) is 4. The zero-order chi connectivity index (χ0) is 17.4. The summed E-state index contributed by atoms with van der Waals surface area (Å²) in [5, 5.41) is 0.613. The van der Waals surface area contributed by atoms with Crippen molar-refractivity contribution < 1.29 is 13.2 Å². The number of aldehydes is 1. The predicted molar refractivity (Wildman–Crippen MR) is 94.9 cm³/mol. The molecule has 1 aliphatic rings. The van der Waals surface area contributed by atoms with Gasteiger partial charge in [0.25, 0.3) is 0 Å². The van der Waals surface area contributed by atoms with Gasteiger partial charge in [-0.2, -0.15) is 4.31 Å². The molecule has 4 rings (SSSR count). The van der Waals surface area contributed by atoms with Crippen LogP contribution in [0.2, 0.25) is 0 Å². The molecule has 3 heterocycles. The molecule has 0 unspecified atom stereocenters. The third-order valence-electron chi connectivity index (χ3n) is 4.60. The first-order valence-corrected chi connectivity index (χ1v) is 9.57. The Labute approximate surface area is 145 Å². The number of fused-ring (bicyclic) bond motifs is 1. The molecule has 25 heavy (non-hydrogen) atoms. The van der Waals surface area contributed by atoms with Crippen LogP contribution in [-0.4, -0.2) is 42.1 Å². The summed E-state index contributed by atoms with van der Waals surface area (Å²) in [7, 11) is -3.52. The number of pyridine rings is 1. The topological polar surface area (TPSA) is 83.1 Å². The normalized spacial score (nSPS) is 15.7. The zero-order valence-electron chi connectivity index (χ0n) is 13.5. The molecule has 1 aromatic carbocycles. The number of rotatable bonds is 4. The Morgan fingerprint density at radius 1 is 1.08 bits per heavy atom. The molecular weight excluding hydrogens is 338 g/mol. The van der Waals surface area contributed by atoms with E-state index in [0.717, 1.165) is 30.2 Å². The van der Waals surface area contributed by atoms with Crippen molar-refractivity contribution in [3.63, 3.8) is 0 Å². The lowest BCUT2D eigenvalue weighted by atomic mass is 10.1. The quantitative estimate of drug-likeness (QED) is 0.730. The van der Waals surface area contributed by atoms with Crippen LogP contribution in [-0.2, 0) is 10.0 Å². The second-order valence-electron chi connectivity index (χ2n) is 6.09. The van der Waals surface area contributed by atoms with E-state index in [4.69, 9.17) is 0 Å². The smallest absolute Gasteiger partial charge is 0.243 e. The highest BCUT2D eigenvalue weighted by Gasteiger charge is 2.27. The van der Waals surface area contributed by atoms with E-state index in [2.05, 4.69) is 9.97 Å². The number of nitrogens with one attached hydrogen (secondary N) is 1. The molecule has 3 aromatic rings. The van der Waals surface area contributed by atoms with E-state index < -0.39 is 10.0 Å². The molecule has 0 spiro atoms. The minimum atomic E-state index is -3.52. The van der Waals surface area contributed by atoms with Crippen molar-refractivity contribution >= 4 is 27.2 Å². The summed E-state index contributed by atoms with van der Waals surface area (Å²) in [4.78, 5) is 19.1. The molecule has 1 fully saturated rings. The Morgan fingerprint density at radius 2 is 1.80 bits per heavy atom. The second-order valence-corrected chi connectivity index (χ2v) is 8.02. The van der Waals surface area contributed by atoms with Crippen LogP contribution in [0.4, 0.5) is 0 Å². The SMILES string of the molecule is O=Cc1c(-c2ccncc2)[nH]c2ccc(S(=O)(=O)N3CCCC3)cc12. The van der Waals surface area contributed by atoms with E-state index in [9.17, 15) is 13.2 Å². The molecule has 128 valence electrons. The number of aromatic amines is 1. The van der Waals surface area contributed by atoms with Crippen molar-refractivity contribution in [3.8, 4) is 11.3 Å². The van der Waals surface area contributed by atoms with Crippen LogP contribution in [0, 0.1) is 0 Å². The highest BCUT2D eigenvalue weighted by Crippen LogP contribution is 2.31. The van der Waals surface area contributed by atoms with Gasteiger partial charge in [-0.15, -0.1) is 0 Å². The van der Waals surface area contributed by atoms with Crippen molar-refractivity contribution in [2.24, 2.45) is 0 Å². The number of hydrogen-bond donors (Lipinski definition) is 1. The minimum Gasteiger partial charge on any atom is -0.354 e. The molecule has 7 heteroatoms. The molecule has 2 aromatic heterocycles. The van der Waals surface area contributed by atoms with Crippen LogP contribution in [0.1, 0.15) is 23.2 Å². The number of carbonyl (C=O) groups is 1. The van der Waals surface area contributed by atoms with E-state index in [0.29, 0.717) is 29.7 Å². The first-order chi connectivity index (χ1) is 12.1. The molecule has 0 atom stereocenters. The van der Waals surface area contributed by atoms with E-state index in [1.807, 2.05) is 0 Å². The van der Waals surface area contributed by atoms with Crippen molar-refractivity contribution in [2.75, 3.05) is 13.1 Å². The Balaban J connectivity index is 1.87. The van der Waals surface area contributed by atoms with Gasteiger partial charge in [0.05, 0.1) is 10.6 Å². The maximum Gasteiger partial charge on any atom is 0.243 e. The fourth-order valence-electron chi connectivity index (χ4n) is 3.30. The van der Waals surface area contributed by atoms with Crippen LogP contribution in [0.15, 0.2) is 47.6 Å². The van der Waals surface area contributed by atoms with Gasteiger partial charge in [0.2, 0.25) is 10.0 Å². The summed E-state index contributed by atoms with van der Waals surface area (Å²) in [5.74, 6) is 0. The maximum atomic E-state index is 12.8. The summed E-state index contributed by atoms with van der Waals surface area (Å²) >= 11 is 0. The van der Waals surface area contributed by atoms with E-state index >= 15 is 0 Å². The summed E-state index contributed by atoms with van der Waals surface area (Å²) in [6, 6.07) is 8.51. The van der Waals surface area contributed by atoms with Gasteiger partial charge < -0.3 is 4.98 Å². The van der Waals surface area contributed by atoms with E-state index in [1.165, 1.54) is 4.31 Å². The van der Waals surface area contributed by atoms with Crippen LogP contribution in [0.3, 0.4) is 0 Å². The van der Waals surface area contributed by atoms with Gasteiger partial charge in [-0.1, -0.05) is 0 Å². The minimum absolute atomic E-state index is 0.227. The standard InChI is InChI=1S/C18H17N3O3S/c22-12-16-15-11-14(25(23,24)21-9-1-2-10-21)3-4-17(15)20-18(16)13-5-7-19-8-6-13/h3-8,11-12,20H,1-2,9-10H2. The Hall–Kier alpha value is -2.51. The molecule has 0 amide bonds. The summed E-state index contributed by atoms with van der Waals surface area (Å²) in [6.45, 7) is 1.10. The monoisotopic (exact) mass is 355 g/mol. The van der Waals surface area contributed by atoms with Gasteiger partial charge in [-0.25, -0.2) is 8.42 Å². The summed E-state index contributed by atoms with van der Waals surface area (Å²) < 4.78 is 27.1. The lowest BCUT2D eigenvalue weighted by molar-refractivity contribution is 0.112. The van der Waals surface area contributed by atoms with E-state index in [-0.39, 0.29) is 4.90 Å². The molecule has 0 radical (unpaired) electrons. The van der Waals surface area contributed by atoms with Gasteiger partial charge in [-0.3, -0.25) is 9.78 Å². The molecule has 0 aliphatic carbocycles. The first kappa shape index (κ1) is 16.0. The number of carbonyl (C=O) groups excluding carboxylic acids is 1. The number of H-pyrrole nitrogens is 1. The Morgan fingerprint density at radius 3 is 2.48 bits per heavy atom. The molecule has 6 nitrogen and oxygen atoms in total. The van der Waals surface area contributed by atoms with Crippen LogP contribution >= 0.6 is 0 Å². The number of benzene rings is 1. The lowest BCUT2D eigenvalue weighted by Crippen LogP contribution is -2.27. The zero-order valence-corrected chi connectivity index (χ0v) is 14.3. The van der Waals surface area contributed by atoms with Gasteiger partial charge in [0.15, 0.2) is 6.29 Å². The van der Waals surface area contributed by atoms with Crippen molar-refractivity contribution in [1.82, 2.24) is 14.3 Å². The van der Waals surface area contributed by atoms with Crippen molar-refractivity contribution in [2.45, 2.75) is 17.7 Å². The Kier molecular flexibility index (Phi) is 3.89. The van der Waals surface area contributed by atoms with Gasteiger partial charge in [0, 0.05) is 47.5 Å². The predicted octanol–water partition coefficient (Wildman–Crippen LogP) is 2.83. The fraction of sp³-hybridized carbons (Fsp3) is 0.222. The van der Waals surface area contributed by atoms with Crippen LogP contribution < -0.4 is 0 Å². The van der Waals surface area contributed by atoms with Crippen LogP contribution in [0.25, 0.3) is 22.2 Å². The molecule has 0 saturated carbocycles. The van der Waals surface area contributed by atoms with Gasteiger partial charge in [-0.05, 0) is 43.2 Å². The summed E-state index contributed by atoms with van der Waals surface area (Å²) in [6.07, 6.45) is 5.84. The molecule has 1 N–H and O–H groups in total. The third-order valence-corrected chi connectivity index (χ3v) is 6.49. The maximum absolute atomic E-state index is 12.8. The first-order valence-electron chi connectivity index (χ1n) is 8.13. The highest BCUT2D eigenvalue weighted by molar-refractivity contribution is 7.89. The highest BCUT2D eigenvalue weighted by atomic mass is 32.2. The number of sulfonamides is 1.